The first-order chi connectivity index (χ1) is 23.6. The molecule has 3 aromatic rings. The summed E-state index contributed by atoms with van der Waals surface area (Å²) in [5, 5.41) is 18.2. The van der Waals surface area contributed by atoms with Crippen molar-refractivity contribution in [3.63, 3.8) is 0 Å². The Labute approximate surface area is 287 Å². The lowest BCUT2D eigenvalue weighted by atomic mass is 10.0. The molecule has 2 amide bonds. The topological polar surface area (TPSA) is 161 Å². The summed E-state index contributed by atoms with van der Waals surface area (Å²) in [4.78, 5) is 25.4. The SMILES string of the molecule is CC(=O)N(Cc1noc2ccc(S(=O)(=O)N(CC(C)C)C[C@@H](O)[C@H](Cc3ccccc3)NC(=O)O[C@H]3CO[C@H]4OCC[C@H]43)cc12)CC(F)(F)F. The molecule has 5 rings (SSSR count). The molecular formula is C33H41F3N4O9S. The van der Waals surface area contributed by atoms with Crippen molar-refractivity contribution in [2.45, 2.75) is 75.8 Å². The van der Waals surface area contributed by atoms with Gasteiger partial charge < -0.3 is 34.1 Å². The van der Waals surface area contributed by atoms with E-state index in [1.54, 1.807) is 26.0 Å². The largest absolute Gasteiger partial charge is 0.443 e. The smallest absolute Gasteiger partial charge is 0.407 e. The van der Waals surface area contributed by atoms with E-state index in [1.165, 1.54) is 18.2 Å². The molecule has 2 aliphatic heterocycles. The van der Waals surface area contributed by atoms with Crippen LogP contribution in [-0.4, -0.2) is 103 Å². The highest BCUT2D eigenvalue weighted by atomic mass is 32.2. The number of nitrogens with zero attached hydrogens (tertiary/aromatic N) is 3. The second kappa shape index (κ2) is 15.6. The zero-order valence-corrected chi connectivity index (χ0v) is 28.7. The Morgan fingerprint density at radius 1 is 1.12 bits per heavy atom. The van der Waals surface area contributed by atoms with Crippen LogP contribution in [0.15, 0.2) is 57.9 Å². The summed E-state index contributed by atoms with van der Waals surface area (Å²) < 4.78 is 90.7. The van der Waals surface area contributed by atoms with Crippen molar-refractivity contribution in [1.29, 1.82) is 0 Å². The number of fused-ring (bicyclic) bond motifs is 2. The summed E-state index contributed by atoms with van der Waals surface area (Å²) in [5.41, 5.74) is 0.832. The van der Waals surface area contributed by atoms with Gasteiger partial charge >= 0.3 is 12.3 Å². The molecule has 2 N–H and O–H groups in total. The number of hydrogen-bond donors (Lipinski definition) is 2. The quantitative estimate of drug-likeness (QED) is 0.250. The number of amides is 2. The maximum atomic E-state index is 14.2. The Morgan fingerprint density at radius 2 is 1.86 bits per heavy atom. The molecule has 0 bridgehead atoms. The Balaban J connectivity index is 1.38. The predicted octanol–water partition coefficient (Wildman–Crippen LogP) is 3.85. The third kappa shape index (κ3) is 9.31. The summed E-state index contributed by atoms with van der Waals surface area (Å²) in [5.74, 6) is -1.15. The van der Waals surface area contributed by atoms with Gasteiger partial charge in [-0.25, -0.2) is 13.2 Å². The molecule has 0 unspecified atom stereocenters. The van der Waals surface area contributed by atoms with Gasteiger partial charge in [0.15, 0.2) is 11.9 Å². The zero-order chi connectivity index (χ0) is 36.2. The van der Waals surface area contributed by atoms with Crippen molar-refractivity contribution in [2.24, 2.45) is 11.8 Å². The van der Waals surface area contributed by atoms with Crippen molar-refractivity contribution in [2.75, 3.05) is 32.8 Å². The van der Waals surface area contributed by atoms with E-state index in [1.807, 2.05) is 18.2 Å². The van der Waals surface area contributed by atoms with Gasteiger partial charge in [-0.15, -0.1) is 0 Å². The summed E-state index contributed by atoms with van der Waals surface area (Å²) in [6.07, 6.45) is -7.01. The zero-order valence-electron chi connectivity index (χ0n) is 27.8. The van der Waals surface area contributed by atoms with Crippen LogP contribution in [0.2, 0.25) is 0 Å². The lowest BCUT2D eigenvalue weighted by Crippen LogP contribution is -2.51. The van der Waals surface area contributed by atoms with Crippen molar-refractivity contribution in [3.05, 3.63) is 59.8 Å². The number of aliphatic hydroxyl groups excluding tert-OH is 1. The monoisotopic (exact) mass is 726 g/mol. The van der Waals surface area contributed by atoms with Crippen LogP contribution in [0.4, 0.5) is 18.0 Å². The van der Waals surface area contributed by atoms with E-state index in [0.29, 0.717) is 17.9 Å². The van der Waals surface area contributed by atoms with E-state index < -0.39 is 72.4 Å². The highest BCUT2D eigenvalue weighted by Gasteiger charge is 2.44. The standard InChI is InChI=1S/C33H41F3N4O9S/c1-20(2)15-40(50(44,45)23-9-10-29-25(14-23)27(38-49-29)16-39(21(3)41)19-33(34,35)36)17-28(42)26(13-22-7-5-4-6-8-22)37-32(43)48-30-18-47-31-24(30)11-12-46-31/h4-10,14,20,24,26,28,30-31,42H,11-13,15-19H2,1-3H3,(H,37,43)/t24-,26-,28+,30-,31+/m0/s1. The molecule has 274 valence electrons. The van der Waals surface area contributed by atoms with E-state index in [2.05, 4.69) is 10.5 Å². The maximum Gasteiger partial charge on any atom is 0.407 e. The van der Waals surface area contributed by atoms with Gasteiger partial charge in [-0.3, -0.25) is 4.79 Å². The van der Waals surface area contributed by atoms with Gasteiger partial charge in [-0.1, -0.05) is 49.3 Å². The Bertz CT molecular complexity index is 1740. The van der Waals surface area contributed by atoms with Crippen LogP contribution in [0.25, 0.3) is 11.0 Å². The number of alkyl carbamates (subject to hydrolysis) is 1. The number of carbonyl (C=O) groups excluding carboxylic acids is 2. The van der Waals surface area contributed by atoms with Gasteiger partial charge in [0, 0.05) is 25.4 Å². The number of halogens is 3. The fraction of sp³-hybridized carbons (Fsp3) is 0.545. The molecule has 2 aromatic carbocycles. The summed E-state index contributed by atoms with van der Waals surface area (Å²) >= 11 is 0. The van der Waals surface area contributed by atoms with E-state index in [4.69, 9.17) is 18.7 Å². The molecule has 1 aromatic heterocycles. The Kier molecular flexibility index (Phi) is 11.7. The van der Waals surface area contributed by atoms with Crippen molar-refractivity contribution in [1.82, 2.24) is 19.7 Å². The Hall–Kier alpha value is -3.77. The third-order valence-electron chi connectivity index (χ3n) is 8.58. The van der Waals surface area contributed by atoms with Crippen molar-refractivity contribution in [3.8, 4) is 0 Å². The average Bonchev–Trinajstić information content (AvgIpc) is 3.77. The molecule has 17 heteroatoms. The van der Waals surface area contributed by atoms with Crippen LogP contribution >= 0.6 is 0 Å². The normalized spacial score (nSPS) is 20.6. The van der Waals surface area contributed by atoms with Crippen LogP contribution in [0.1, 0.15) is 38.4 Å². The number of benzene rings is 2. The highest BCUT2D eigenvalue weighted by molar-refractivity contribution is 7.89. The number of sulfonamides is 1. The van der Waals surface area contributed by atoms with Crippen LogP contribution in [0.3, 0.4) is 0 Å². The fourth-order valence-electron chi connectivity index (χ4n) is 6.10. The molecule has 2 saturated heterocycles. The number of aliphatic hydroxyl groups is 1. The van der Waals surface area contributed by atoms with E-state index in [9.17, 15) is 36.3 Å². The molecule has 2 fully saturated rings. The number of aromatic nitrogens is 1. The molecule has 50 heavy (non-hydrogen) atoms. The maximum absolute atomic E-state index is 14.2. The molecule has 5 atom stereocenters. The van der Waals surface area contributed by atoms with Crippen LogP contribution in [0, 0.1) is 11.8 Å². The average molecular weight is 727 g/mol. The minimum absolute atomic E-state index is 0.0113. The molecule has 2 aliphatic rings. The second-order valence-electron chi connectivity index (χ2n) is 13.0. The van der Waals surface area contributed by atoms with Crippen molar-refractivity contribution < 1.29 is 55.0 Å². The lowest BCUT2D eigenvalue weighted by Gasteiger charge is -2.31. The third-order valence-corrected chi connectivity index (χ3v) is 10.4. The molecule has 0 spiro atoms. The summed E-state index contributed by atoms with van der Waals surface area (Å²) in [6.45, 7) is 2.73. The first kappa shape index (κ1) is 37.5. The summed E-state index contributed by atoms with van der Waals surface area (Å²) in [6, 6.07) is 11.9. The van der Waals surface area contributed by atoms with Gasteiger partial charge in [0.1, 0.15) is 18.3 Å². The molecule has 0 aliphatic carbocycles. The molecule has 0 saturated carbocycles. The number of hydrogen-bond acceptors (Lipinski definition) is 10. The van der Waals surface area contributed by atoms with E-state index in [0.717, 1.165) is 16.8 Å². The molecule has 3 heterocycles. The molecule has 13 nitrogen and oxygen atoms in total. The fourth-order valence-corrected chi connectivity index (χ4v) is 7.75. The number of nitrogens with one attached hydrogen (secondary N) is 1. The first-order valence-electron chi connectivity index (χ1n) is 16.2. The van der Waals surface area contributed by atoms with Gasteiger partial charge in [0.05, 0.1) is 42.7 Å². The van der Waals surface area contributed by atoms with Crippen LogP contribution in [-0.2, 0) is 42.0 Å². The van der Waals surface area contributed by atoms with E-state index >= 15 is 0 Å². The minimum Gasteiger partial charge on any atom is -0.443 e. The number of rotatable bonds is 14. The second-order valence-corrected chi connectivity index (χ2v) is 14.9. The highest BCUT2D eigenvalue weighted by Crippen LogP contribution is 2.33. The molecule has 0 radical (unpaired) electrons. The number of alkyl halides is 3. The molecular weight excluding hydrogens is 685 g/mol. The van der Waals surface area contributed by atoms with Crippen LogP contribution < -0.4 is 5.32 Å². The first-order valence-corrected chi connectivity index (χ1v) is 17.7. The van der Waals surface area contributed by atoms with Gasteiger partial charge in [0.2, 0.25) is 15.9 Å². The number of ether oxygens (including phenoxy) is 3. The minimum atomic E-state index is -4.67. The van der Waals surface area contributed by atoms with Crippen molar-refractivity contribution >= 4 is 33.0 Å². The van der Waals surface area contributed by atoms with E-state index in [-0.39, 0.29) is 53.0 Å². The van der Waals surface area contributed by atoms with Crippen LogP contribution in [0.5, 0.6) is 0 Å². The summed E-state index contributed by atoms with van der Waals surface area (Å²) in [7, 11) is -4.35. The number of carbonyl (C=O) groups is 2. The lowest BCUT2D eigenvalue weighted by molar-refractivity contribution is -0.161. The Morgan fingerprint density at radius 3 is 2.54 bits per heavy atom. The van der Waals surface area contributed by atoms with Gasteiger partial charge in [-0.05, 0) is 42.5 Å². The van der Waals surface area contributed by atoms with Gasteiger partial charge in [-0.2, -0.15) is 17.5 Å². The van der Waals surface area contributed by atoms with Gasteiger partial charge in [0.25, 0.3) is 0 Å². The predicted molar refractivity (Wildman–Crippen MR) is 172 cm³/mol.